The Labute approximate surface area is 192 Å². The number of carbonyl (C=O) groups is 4. The van der Waals surface area contributed by atoms with Gasteiger partial charge in [-0.2, -0.15) is 0 Å². The summed E-state index contributed by atoms with van der Waals surface area (Å²) in [6.07, 6.45) is -1.15. The standard InChI is InChI=1S/C19H33N2O9PS/c1-13(22)32-10-9-20-14(23)7-8-21-16(24)15-19(5,6)11-28-31(26,30-15)29-12-27-17(25)18(2,3)4/h15H,7-12H2,1-6H3,(H,20,23)(H,21,24)/t15-,31+/m0/s1. The molecule has 2 atom stereocenters. The third-order valence-corrected chi connectivity index (χ3v) is 6.32. The predicted octanol–water partition coefficient (Wildman–Crippen LogP) is 2.00. The van der Waals surface area contributed by atoms with Gasteiger partial charge < -0.3 is 15.4 Å². The Morgan fingerprint density at radius 2 is 1.81 bits per heavy atom. The molecule has 0 saturated carbocycles. The van der Waals surface area contributed by atoms with Crippen LogP contribution in [-0.2, 0) is 42.1 Å². The van der Waals surface area contributed by atoms with Crippen molar-refractivity contribution >= 4 is 42.5 Å². The van der Waals surface area contributed by atoms with Gasteiger partial charge in [-0.3, -0.25) is 28.2 Å². The third kappa shape index (κ3) is 9.99. The quantitative estimate of drug-likeness (QED) is 0.199. The van der Waals surface area contributed by atoms with Crippen LogP contribution in [0.5, 0.6) is 0 Å². The summed E-state index contributed by atoms with van der Waals surface area (Å²) in [6, 6.07) is 0. The normalized spacial score (nSPS) is 22.6. The maximum absolute atomic E-state index is 12.7. The van der Waals surface area contributed by atoms with E-state index in [0.29, 0.717) is 12.3 Å². The highest BCUT2D eigenvalue weighted by molar-refractivity contribution is 8.13. The number of hydrogen-bond donors (Lipinski definition) is 2. The molecule has 2 amide bonds. The highest BCUT2D eigenvalue weighted by Gasteiger charge is 2.49. The molecule has 0 aromatic carbocycles. The van der Waals surface area contributed by atoms with Crippen molar-refractivity contribution in [1.29, 1.82) is 0 Å². The van der Waals surface area contributed by atoms with E-state index in [1.165, 1.54) is 6.92 Å². The van der Waals surface area contributed by atoms with E-state index in [0.717, 1.165) is 11.8 Å². The van der Waals surface area contributed by atoms with Crippen molar-refractivity contribution in [2.24, 2.45) is 10.8 Å². The van der Waals surface area contributed by atoms with Crippen LogP contribution in [0.15, 0.2) is 0 Å². The monoisotopic (exact) mass is 496 g/mol. The van der Waals surface area contributed by atoms with E-state index in [9.17, 15) is 23.7 Å². The smallest absolute Gasteiger partial charge is 0.437 e. The Morgan fingerprint density at radius 3 is 2.41 bits per heavy atom. The number of phosphoric ester groups is 1. The molecule has 1 aliphatic rings. The molecule has 0 aromatic rings. The maximum Gasteiger partial charge on any atom is 0.478 e. The van der Waals surface area contributed by atoms with Gasteiger partial charge >= 0.3 is 13.8 Å². The molecule has 0 aromatic heterocycles. The first-order chi connectivity index (χ1) is 14.7. The average molecular weight is 497 g/mol. The molecule has 1 saturated heterocycles. The Morgan fingerprint density at radius 1 is 1.16 bits per heavy atom. The molecule has 184 valence electrons. The molecule has 1 heterocycles. The van der Waals surface area contributed by atoms with Crippen LogP contribution in [0.1, 0.15) is 48.0 Å². The van der Waals surface area contributed by atoms with Gasteiger partial charge in [0.1, 0.15) is 0 Å². The zero-order valence-corrected chi connectivity index (χ0v) is 21.1. The number of rotatable bonds is 10. The van der Waals surface area contributed by atoms with Crippen LogP contribution >= 0.6 is 19.6 Å². The summed E-state index contributed by atoms with van der Waals surface area (Å²) in [5.41, 5.74) is -1.59. The zero-order chi connectivity index (χ0) is 24.6. The zero-order valence-electron chi connectivity index (χ0n) is 19.3. The van der Waals surface area contributed by atoms with Gasteiger partial charge in [0.05, 0.1) is 12.0 Å². The van der Waals surface area contributed by atoms with Gasteiger partial charge in [0.15, 0.2) is 11.2 Å². The van der Waals surface area contributed by atoms with E-state index in [1.54, 1.807) is 34.6 Å². The van der Waals surface area contributed by atoms with E-state index >= 15 is 0 Å². The first kappa shape index (κ1) is 28.6. The number of amides is 2. The first-order valence-corrected chi connectivity index (χ1v) is 12.5. The lowest BCUT2D eigenvalue weighted by molar-refractivity contribution is -0.163. The summed E-state index contributed by atoms with van der Waals surface area (Å²) >= 11 is 1.11. The summed E-state index contributed by atoms with van der Waals surface area (Å²) < 4.78 is 33.2. The molecule has 1 aliphatic heterocycles. The fourth-order valence-corrected chi connectivity index (χ4v) is 4.32. The molecule has 0 bridgehead atoms. The maximum atomic E-state index is 12.7. The lowest BCUT2D eigenvalue weighted by atomic mass is 9.87. The molecule has 11 nitrogen and oxygen atoms in total. The van der Waals surface area contributed by atoms with Gasteiger partial charge in [-0.15, -0.1) is 0 Å². The van der Waals surface area contributed by atoms with Crippen molar-refractivity contribution in [2.75, 3.05) is 32.2 Å². The summed E-state index contributed by atoms with van der Waals surface area (Å²) in [7, 11) is -4.14. The predicted molar refractivity (Wildman–Crippen MR) is 117 cm³/mol. The summed E-state index contributed by atoms with van der Waals surface area (Å²) in [6.45, 7) is 9.43. The average Bonchev–Trinajstić information content (AvgIpc) is 2.66. The Hall–Kier alpha value is -1.46. The van der Waals surface area contributed by atoms with E-state index in [4.69, 9.17) is 18.3 Å². The molecular formula is C19H33N2O9PS. The highest BCUT2D eigenvalue weighted by Crippen LogP contribution is 2.57. The summed E-state index contributed by atoms with van der Waals surface area (Å²) in [4.78, 5) is 47.0. The van der Waals surface area contributed by atoms with Crippen LogP contribution in [0.3, 0.4) is 0 Å². The molecule has 2 N–H and O–H groups in total. The minimum absolute atomic E-state index is 0.0248. The lowest BCUT2D eigenvalue weighted by Gasteiger charge is -2.39. The number of carbonyl (C=O) groups excluding carboxylic acids is 4. The van der Waals surface area contributed by atoms with Crippen LogP contribution in [0.25, 0.3) is 0 Å². The second kappa shape index (κ2) is 12.1. The second-order valence-corrected chi connectivity index (χ2v) is 11.7. The second-order valence-electron chi connectivity index (χ2n) is 8.85. The lowest BCUT2D eigenvalue weighted by Crippen LogP contribution is -2.50. The van der Waals surface area contributed by atoms with Gasteiger partial charge in [0, 0.05) is 37.6 Å². The molecular weight excluding hydrogens is 463 g/mol. The van der Waals surface area contributed by atoms with Crippen LogP contribution in [0, 0.1) is 10.8 Å². The number of phosphoric acid groups is 1. The van der Waals surface area contributed by atoms with Crippen molar-refractivity contribution in [3.8, 4) is 0 Å². The van der Waals surface area contributed by atoms with Gasteiger partial charge in [-0.1, -0.05) is 25.6 Å². The largest absolute Gasteiger partial charge is 0.478 e. The van der Waals surface area contributed by atoms with E-state index in [-0.39, 0.29) is 30.6 Å². The van der Waals surface area contributed by atoms with Crippen molar-refractivity contribution in [2.45, 2.75) is 54.1 Å². The van der Waals surface area contributed by atoms with Crippen molar-refractivity contribution < 1.29 is 42.1 Å². The topological polar surface area (TPSA) is 146 Å². The van der Waals surface area contributed by atoms with Gasteiger partial charge in [-0.25, -0.2) is 9.09 Å². The van der Waals surface area contributed by atoms with Crippen LogP contribution < -0.4 is 10.6 Å². The fraction of sp³-hybridized carbons (Fsp3) is 0.789. The van der Waals surface area contributed by atoms with Crippen molar-refractivity contribution in [3.05, 3.63) is 0 Å². The highest BCUT2D eigenvalue weighted by atomic mass is 32.2. The number of ether oxygens (including phenoxy) is 1. The van der Waals surface area contributed by atoms with Crippen LogP contribution in [-0.4, -0.2) is 61.2 Å². The SMILES string of the molecule is CC(=O)SCCNC(=O)CCNC(=O)[C@@H]1O[P@@](=O)(OCOC(=O)C(C)(C)C)OCC1(C)C. The van der Waals surface area contributed by atoms with Crippen molar-refractivity contribution in [1.82, 2.24) is 10.6 Å². The molecule has 1 rings (SSSR count). The minimum atomic E-state index is -4.14. The Kier molecular flexibility index (Phi) is 10.8. The number of nitrogens with one attached hydrogen (secondary N) is 2. The van der Waals surface area contributed by atoms with E-state index in [1.807, 2.05) is 0 Å². The molecule has 32 heavy (non-hydrogen) atoms. The minimum Gasteiger partial charge on any atom is -0.437 e. The fourth-order valence-electron chi connectivity index (χ4n) is 2.32. The molecule has 0 unspecified atom stereocenters. The summed E-state index contributed by atoms with van der Waals surface area (Å²) in [5, 5.41) is 5.19. The number of hydrogen-bond acceptors (Lipinski definition) is 10. The number of thioether (sulfide) groups is 1. The molecule has 0 aliphatic carbocycles. The summed E-state index contributed by atoms with van der Waals surface area (Å²) in [5.74, 6) is -0.948. The molecule has 0 spiro atoms. The van der Waals surface area contributed by atoms with E-state index in [2.05, 4.69) is 10.6 Å². The van der Waals surface area contributed by atoms with E-state index < -0.39 is 43.4 Å². The molecule has 0 radical (unpaired) electrons. The van der Waals surface area contributed by atoms with Crippen LogP contribution in [0.4, 0.5) is 0 Å². The van der Waals surface area contributed by atoms with Crippen LogP contribution in [0.2, 0.25) is 0 Å². The molecule has 1 fully saturated rings. The Bertz CT molecular complexity index is 752. The third-order valence-electron chi connectivity index (χ3n) is 4.17. The Balaban J connectivity index is 2.51. The van der Waals surface area contributed by atoms with Gasteiger partial charge in [-0.05, 0) is 20.8 Å². The van der Waals surface area contributed by atoms with Gasteiger partial charge in [0.25, 0.3) is 0 Å². The van der Waals surface area contributed by atoms with Crippen molar-refractivity contribution in [3.63, 3.8) is 0 Å². The molecule has 13 heteroatoms. The van der Waals surface area contributed by atoms with Gasteiger partial charge in [0.2, 0.25) is 18.6 Å². The first-order valence-electron chi connectivity index (χ1n) is 10.1. The number of esters is 1.